The van der Waals surface area contributed by atoms with E-state index >= 15 is 0 Å². The lowest BCUT2D eigenvalue weighted by Crippen LogP contribution is -2.76. The third-order valence-electron chi connectivity index (χ3n) is 5.68. The van der Waals surface area contributed by atoms with Crippen LogP contribution in [-0.2, 0) is 14.3 Å². The van der Waals surface area contributed by atoms with Crippen molar-refractivity contribution in [2.24, 2.45) is 5.41 Å². The Hall–Kier alpha value is -2.54. The Kier molecular flexibility index (Phi) is 4.90. The van der Waals surface area contributed by atoms with Crippen LogP contribution in [0.4, 0.5) is 0 Å². The summed E-state index contributed by atoms with van der Waals surface area (Å²) in [5.41, 5.74) is -1.02. The van der Waals surface area contributed by atoms with Crippen LogP contribution in [0.3, 0.4) is 0 Å². The average molecular weight is 375 g/mol. The molecule has 2 aliphatic rings. The van der Waals surface area contributed by atoms with Crippen LogP contribution in [0.5, 0.6) is 11.5 Å². The van der Waals surface area contributed by atoms with E-state index in [4.69, 9.17) is 14.2 Å². The smallest absolute Gasteiger partial charge is 0.330 e. The molecule has 0 aromatic heterocycles. The molecule has 0 spiro atoms. The van der Waals surface area contributed by atoms with Gasteiger partial charge in [0.2, 0.25) is 0 Å². The number of hydrogen-bond donors (Lipinski definition) is 2. The summed E-state index contributed by atoms with van der Waals surface area (Å²) in [4.78, 5) is 24.9. The molecule has 2 atom stereocenters. The molecule has 7 nitrogen and oxygen atoms in total. The zero-order chi connectivity index (χ0) is 19.8. The van der Waals surface area contributed by atoms with Crippen molar-refractivity contribution in [2.45, 2.75) is 38.8 Å². The number of para-hydroxylation sites is 1. The van der Waals surface area contributed by atoms with E-state index in [0.29, 0.717) is 23.7 Å². The fourth-order valence-electron chi connectivity index (χ4n) is 3.78. The van der Waals surface area contributed by atoms with Gasteiger partial charge in [-0.25, -0.2) is 4.79 Å². The molecule has 0 bridgehead atoms. The van der Waals surface area contributed by atoms with Crippen LogP contribution in [0.2, 0.25) is 0 Å². The second-order valence-electron chi connectivity index (χ2n) is 7.37. The van der Waals surface area contributed by atoms with Crippen molar-refractivity contribution in [3.05, 3.63) is 29.3 Å². The van der Waals surface area contributed by atoms with Crippen LogP contribution in [0.25, 0.3) is 6.08 Å². The van der Waals surface area contributed by atoms with Crippen molar-refractivity contribution < 1.29 is 28.9 Å². The Morgan fingerprint density at radius 3 is 2.70 bits per heavy atom. The number of fused-ring (bicyclic) bond motifs is 1. The number of ether oxygens (including phenoxy) is 3. The molecule has 1 saturated carbocycles. The summed E-state index contributed by atoms with van der Waals surface area (Å²) in [6, 6.07) is 5.40. The number of aliphatic carboxylic acids is 1. The number of benzene rings is 1. The lowest BCUT2D eigenvalue weighted by atomic mass is 9.54. The number of carbonyl (C=O) groups is 2. The first kappa shape index (κ1) is 19.2. The summed E-state index contributed by atoms with van der Waals surface area (Å²) >= 11 is 0. The van der Waals surface area contributed by atoms with E-state index in [9.17, 15) is 14.7 Å². The standard InChI is InChI=1S/C20H25NO6/c1-5-26-15-10-20(18(23)24,19(15,2)3)21-17(22)13-9-12-7-6-8-14(25-4)16(12)27-11-13/h6-9,15H,5,10-11H2,1-4H3,(H,21,22)(H,23,24). The first-order valence-electron chi connectivity index (χ1n) is 8.94. The maximum Gasteiger partial charge on any atom is 0.330 e. The molecule has 0 radical (unpaired) electrons. The Morgan fingerprint density at radius 1 is 1.37 bits per heavy atom. The number of amides is 1. The third kappa shape index (κ3) is 2.96. The first-order chi connectivity index (χ1) is 12.8. The van der Waals surface area contributed by atoms with Crippen LogP contribution in [0.15, 0.2) is 23.8 Å². The molecular formula is C20H25NO6. The number of carboxylic acids is 1. The van der Waals surface area contributed by atoms with Crippen LogP contribution in [0, 0.1) is 5.41 Å². The van der Waals surface area contributed by atoms with Crippen LogP contribution >= 0.6 is 0 Å². The molecule has 2 unspecified atom stereocenters. The molecule has 0 saturated heterocycles. The molecule has 2 N–H and O–H groups in total. The van der Waals surface area contributed by atoms with E-state index in [2.05, 4.69) is 5.32 Å². The first-order valence-corrected chi connectivity index (χ1v) is 8.94. The van der Waals surface area contributed by atoms with E-state index < -0.39 is 22.8 Å². The Labute approximate surface area is 158 Å². The summed E-state index contributed by atoms with van der Waals surface area (Å²) in [6.45, 7) is 6.01. The molecule has 27 heavy (non-hydrogen) atoms. The molecule has 1 aromatic carbocycles. The molecule has 1 heterocycles. The molecule has 1 fully saturated rings. The Morgan fingerprint density at radius 2 is 2.11 bits per heavy atom. The van der Waals surface area contributed by atoms with Gasteiger partial charge in [-0.1, -0.05) is 26.0 Å². The second-order valence-corrected chi connectivity index (χ2v) is 7.37. The molecule has 1 aliphatic heterocycles. The SMILES string of the molecule is CCOC1CC(NC(=O)C2=Cc3cccc(OC)c3OC2)(C(=O)O)C1(C)C. The summed E-state index contributed by atoms with van der Waals surface area (Å²) in [7, 11) is 1.55. The van der Waals surface area contributed by atoms with Gasteiger partial charge in [-0.15, -0.1) is 0 Å². The van der Waals surface area contributed by atoms with Gasteiger partial charge in [-0.2, -0.15) is 0 Å². The largest absolute Gasteiger partial charge is 0.493 e. The minimum atomic E-state index is -1.38. The average Bonchev–Trinajstić information content (AvgIpc) is 2.65. The van der Waals surface area contributed by atoms with Gasteiger partial charge in [0.05, 0.1) is 18.8 Å². The molecule has 146 valence electrons. The van der Waals surface area contributed by atoms with Gasteiger partial charge in [0.25, 0.3) is 5.91 Å². The van der Waals surface area contributed by atoms with Crippen molar-refractivity contribution in [3.8, 4) is 11.5 Å². The topological polar surface area (TPSA) is 94.1 Å². The highest BCUT2D eigenvalue weighted by atomic mass is 16.5. The van der Waals surface area contributed by atoms with Crippen molar-refractivity contribution in [1.82, 2.24) is 5.32 Å². The number of nitrogens with one attached hydrogen (secondary N) is 1. The number of carbonyl (C=O) groups excluding carboxylic acids is 1. The summed E-state index contributed by atoms with van der Waals surface area (Å²) in [5, 5.41) is 12.6. The minimum absolute atomic E-state index is 0.0459. The van der Waals surface area contributed by atoms with Gasteiger partial charge in [-0.3, -0.25) is 4.79 Å². The molecule has 1 aromatic rings. The Bertz CT molecular complexity index is 800. The maximum atomic E-state index is 12.8. The van der Waals surface area contributed by atoms with E-state index in [-0.39, 0.29) is 19.1 Å². The predicted molar refractivity (Wildman–Crippen MR) is 98.8 cm³/mol. The normalized spacial score (nSPS) is 25.3. The van der Waals surface area contributed by atoms with Gasteiger partial charge >= 0.3 is 5.97 Å². The van der Waals surface area contributed by atoms with Gasteiger partial charge in [0.15, 0.2) is 11.5 Å². The quantitative estimate of drug-likeness (QED) is 0.792. The molecule has 3 rings (SSSR count). The summed E-state index contributed by atoms with van der Waals surface area (Å²) in [6.07, 6.45) is 1.71. The molecule has 1 aliphatic carbocycles. The maximum absolute atomic E-state index is 12.8. The zero-order valence-electron chi connectivity index (χ0n) is 16.0. The number of rotatable bonds is 6. The zero-order valence-corrected chi connectivity index (χ0v) is 16.0. The fourth-order valence-corrected chi connectivity index (χ4v) is 3.78. The Balaban J connectivity index is 1.84. The van der Waals surface area contributed by atoms with E-state index in [1.165, 1.54) is 0 Å². The van der Waals surface area contributed by atoms with E-state index in [0.717, 1.165) is 5.56 Å². The number of methoxy groups -OCH3 is 1. The minimum Gasteiger partial charge on any atom is -0.493 e. The monoisotopic (exact) mass is 375 g/mol. The van der Waals surface area contributed by atoms with Crippen molar-refractivity contribution >= 4 is 18.0 Å². The molecule has 7 heteroatoms. The van der Waals surface area contributed by atoms with Gasteiger partial charge < -0.3 is 24.6 Å². The lowest BCUT2D eigenvalue weighted by molar-refractivity contribution is -0.194. The number of carboxylic acid groups (broad SMARTS) is 1. The van der Waals surface area contributed by atoms with Crippen LogP contribution < -0.4 is 14.8 Å². The van der Waals surface area contributed by atoms with E-state index in [1.54, 1.807) is 39.2 Å². The van der Waals surface area contributed by atoms with Crippen molar-refractivity contribution in [2.75, 3.05) is 20.3 Å². The second kappa shape index (κ2) is 6.88. The van der Waals surface area contributed by atoms with Gasteiger partial charge in [-0.05, 0) is 19.1 Å². The highest BCUT2D eigenvalue weighted by Gasteiger charge is 2.66. The number of hydrogen-bond acceptors (Lipinski definition) is 5. The predicted octanol–water partition coefficient (Wildman–Crippen LogP) is 2.25. The summed E-state index contributed by atoms with van der Waals surface area (Å²) < 4.78 is 16.6. The van der Waals surface area contributed by atoms with E-state index in [1.807, 2.05) is 13.0 Å². The summed E-state index contributed by atoms with van der Waals surface area (Å²) in [5.74, 6) is -0.347. The van der Waals surface area contributed by atoms with Crippen molar-refractivity contribution in [1.29, 1.82) is 0 Å². The molecule has 1 amide bonds. The lowest BCUT2D eigenvalue weighted by Gasteiger charge is -2.58. The highest BCUT2D eigenvalue weighted by molar-refractivity contribution is 6.02. The van der Waals surface area contributed by atoms with Crippen LogP contribution in [-0.4, -0.2) is 48.9 Å². The van der Waals surface area contributed by atoms with Crippen molar-refractivity contribution in [3.63, 3.8) is 0 Å². The van der Waals surface area contributed by atoms with Crippen LogP contribution in [0.1, 0.15) is 32.8 Å². The molecular weight excluding hydrogens is 350 g/mol. The van der Waals surface area contributed by atoms with Gasteiger partial charge in [0, 0.05) is 24.0 Å². The fraction of sp³-hybridized carbons (Fsp3) is 0.500. The van der Waals surface area contributed by atoms with Gasteiger partial charge in [0.1, 0.15) is 12.1 Å². The highest BCUT2D eigenvalue weighted by Crippen LogP contribution is 2.51. The third-order valence-corrected chi connectivity index (χ3v) is 5.68.